The van der Waals surface area contributed by atoms with Gasteiger partial charge >= 0.3 is 5.97 Å². The number of aryl methyl sites for hydroxylation is 2. The van der Waals surface area contributed by atoms with E-state index in [4.69, 9.17) is 13.8 Å². The molecule has 1 N–H and O–H groups in total. The topological polar surface area (TPSA) is 120 Å². The molecule has 9 nitrogen and oxygen atoms in total. The normalized spacial score (nSPS) is 12.4. The molecular weight excluding hydrogens is 400 g/mol. The molecule has 0 aliphatic heterocycles. The van der Waals surface area contributed by atoms with Crippen LogP contribution < -0.4 is 5.32 Å². The summed E-state index contributed by atoms with van der Waals surface area (Å²) in [7, 11) is 0. The summed E-state index contributed by atoms with van der Waals surface area (Å²) in [5, 5.41) is 10.3. The lowest BCUT2D eigenvalue weighted by Crippen LogP contribution is -2.26. The summed E-state index contributed by atoms with van der Waals surface area (Å²) < 4.78 is 15.7. The summed E-state index contributed by atoms with van der Waals surface area (Å²) in [6, 6.07) is 10.4. The Kier molecular flexibility index (Phi) is 6.84. The fourth-order valence-corrected chi connectivity index (χ4v) is 2.75. The number of nitrogens with zero attached hydrogens (tertiary/aromatic N) is 3. The molecule has 0 spiro atoms. The molecule has 0 fully saturated rings. The van der Waals surface area contributed by atoms with Gasteiger partial charge in [0.2, 0.25) is 12.0 Å². The SMILES string of the molecule is Cc1cc(NC(=O)C(OC(=O)CCCc2nc(C(C)(C)C)no2)c2ccccc2)no1. The van der Waals surface area contributed by atoms with Crippen LogP contribution in [0.3, 0.4) is 0 Å². The third-order valence-corrected chi connectivity index (χ3v) is 4.38. The summed E-state index contributed by atoms with van der Waals surface area (Å²) >= 11 is 0. The number of hydrogen-bond acceptors (Lipinski definition) is 8. The fourth-order valence-electron chi connectivity index (χ4n) is 2.75. The van der Waals surface area contributed by atoms with Crippen LogP contribution in [0.2, 0.25) is 0 Å². The van der Waals surface area contributed by atoms with Crippen molar-refractivity contribution >= 4 is 17.7 Å². The molecule has 164 valence electrons. The van der Waals surface area contributed by atoms with E-state index in [1.165, 1.54) is 0 Å². The molecule has 31 heavy (non-hydrogen) atoms. The van der Waals surface area contributed by atoms with Crippen LogP contribution in [-0.2, 0) is 26.2 Å². The highest BCUT2D eigenvalue weighted by Gasteiger charge is 2.26. The van der Waals surface area contributed by atoms with Crippen LogP contribution in [0, 0.1) is 6.92 Å². The molecule has 1 unspecified atom stereocenters. The van der Waals surface area contributed by atoms with Crippen LogP contribution in [0.25, 0.3) is 0 Å². The highest BCUT2D eigenvalue weighted by Crippen LogP contribution is 2.22. The van der Waals surface area contributed by atoms with Crippen LogP contribution in [-0.4, -0.2) is 27.2 Å². The number of rotatable bonds is 8. The van der Waals surface area contributed by atoms with Crippen molar-refractivity contribution in [3.63, 3.8) is 0 Å². The van der Waals surface area contributed by atoms with Gasteiger partial charge < -0.3 is 19.1 Å². The minimum absolute atomic E-state index is 0.104. The lowest BCUT2D eigenvalue weighted by atomic mass is 9.96. The maximum atomic E-state index is 12.7. The molecule has 1 atom stereocenters. The lowest BCUT2D eigenvalue weighted by Gasteiger charge is -2.17. The standard InChI is InChI=1S/C22H26N4O5/c1-14-13-16(25-30-14)23-20(28)19(15-9-6-5-7-10-15)29-18(27)12-8-11-17-24-21(26-31-17)22(2,3)4/h5-7,9-10,13,19H,8,11-12H2,1-4H3,(H,23,25,28). The van der Waals surface area contributed by atoms with Gasteiger partial charge in [-0.1, -0.05) is 61.4 Å². The van der Waals surface area contributed by atoms with Crippen LogP contribution >= 0.6 is 0 Å². The number of nitrogens with one attached hydrogen (secondary N) is 1. The minimum atomic E-state index is -1.11. The Hall–Kier alpha value is -3.49. The number of aromatic nitrogens is 3. The monoisotopic (exact) mass is 426 g/mol. The molecule has 0 saturated heterocycles. The Morgan fingerprint density at radius 3 is 2.48 bits per heavy atom. The Bertz CT molecular complexity index is 1020. The number of esters is 1. The molecule has 2 heterocycles. The van der Waals surface area contributed by atoms with Gasteiger partial charge in [0, 0.05) is 29.9 Å². The summed E-state index contributed by atoms with van der Waals surface area (Å²) in [4.78, 5) is 29.5. The molecule has 9 heteroatoms. The van der Waals surface area contributed by atoms with E-state index in [0.29, 0.717) is 35.9 Å². The zero-order valence-electron chi connectivity index (χ0n) is 18.0. The van der Waals surface area contributed by atoms with E-state index in [1.807, 2.05) is 26.8 Å². The summed E-state index contributed by atoms with van der Waals surface area (Å²) in [5.41, 5.74) is 0.347. The van der Waals surface area contributed by atoms with Crippen LogP contribution in [0.15, 0.2) is 45.4 Å². The highest BCUT2D eigenvalue weighted by atomic mass is 16.5. The van der Waals surface area contributed by atoms with Gasteiger partial charge in [0.05, 0.1) is 0 Å². The molecule has 0 bridgehead atoms. The summed E-state index contributed by atoms with van der Waals surface area (Å²) in [6.45, 7) is 7.70. The number of anilines is 1. The van der Waals surface area contributed by atoms with Gasteiger partial charge in [-0.05, 0) is 13.3 Å². The van der Waals surface area contributed by atoms with Crippen molar-refractivity contribution in [1.29, 1.82) is 0 Å². The van der Waals surface area contributed by atoms with E-state index in [9.17, 15) is 9.59 Å². The minimum Gasteiger partial charge on any atom is -0.447 e. The lowest BCUT2D eigenvalue weighted by molar-refractivity contribution is -0.154. The number of ether oxygens (including phenoxy) is 1. The highest BCUT2D eigenvalue weighted by molar-refractivity contribution is 5.95. The largest absolute Gasteiger partial charge is 0.447 e. The number of hydrogen-bond donors (Lipinski definition) is 1. The molecule has 3 aromatic rings. The number of amides is 1. The summed E-state index contributed by atoms with van der Waals surface area (Å²) in [5.74, 6) is 0.880. The maximum Gasteiger partial charge on any atom is 0.306 e. The van der Waals surface area contributed by atoms with Gasteiger partial charge in [-0.2, -0.15) is 4.98 Å². The van der Waals surface area contributed by atoms with Crippen molar-refractivity contribution in [2.45, 2.75) is 58.5 Å². The molecule has 0 saturated carbocycles. The van der Waals surface area contributed by atoms with Crippen LogP contribution in [0.1, 0.15) is 62.8 Å². The van der Waals surface area contributed by atoms with Gasteiger partial charge in [0.25, 0.3) is 5.91 Å². The van der Waals surface area contributed by atoms with Crippen molar-refractivity contribution in [2.75, 3.05) is 5.32 Å². The zero-order valence-corrected chi connectivity index (χ0v) is 18.0. The predicted octanol–water partition coefficient (Wildman–Crippen LogP) is 3.91. The molecule has 0 radical (unpaired) electrons. The van der Waals surface area contributed by atoms with Crippen molar-refractivity contribution in [3.8, 4) is 0 Å². The van der Waals surface area contributed by atoms with E-state index < -0.39 is 18.0 Å². The molecular formula is C22H26N4O5. The molecule has 2 aromatic heterocycles. The van der Waals surface area contributed by atoms with Gasteiger partial charge in [0.1, 0.15) is 5.76 Å². The van der Waals surface area contributed by atoms with Crippen molar-refractivity contribution < 1.29 is 23.4 Å². The third kappa shape index (κ3) is 6.24. The molecule has 1 aromatic carbocycles. The zero-order chi connectivity index (χ0) is 22.4. The quantitative estimate of drug-likeness (QED) is 0.538. The Balaban J connectivity index is 1.59. The predicted molar refractivity (Wildman–Crippen MR) is 111 cm³/mol. The molecule has 0 aliphatic rings. The third-order valence-electron chi connectivity index (χ3n) is 4.38. The maximum absolute atomic E-state index is 12.7. The first-order chi connectivity index (χ1) is 14.7. The number of benzene rings is 1. The Labute approximate surface area is 180 Å². The summed E-state index contributed by atoms with van der Waals surface area (Å²) in [6.07, 6.45) is -0.108. The second-order valence-corrected chi connectivity index (χ2v) is 8.21. The van der Waals surface area contributed by atoms with Gasteiger partial charge in [0.15, 0.2) is 11.6 Å². The number of carbonyl (C=O) groups excluding carboxylic acids is 2. The van der Waals surface area contributed by atoms with Crippen LogP contribution in [0.5, 0.6) is 0 Å². The Morgan fingerprint density at radius 1 is 1.13 bits per heavy atom. The second-order valence-electron chi connectivity index (χ2n) is 8.21. The first-order valence-electron chi connectivity index (χ1n) is 10.0. The molecule has 3 rings (SSSR count). The Morgan fingerprint density at radius 2 is 1.87 bits per heavy atom. The first kappa shape index (κ1) is 22.2. The van der Waals surface area contributed by atoms with Gasteiger partial charge in [-0.15, -0.1) is 0 Å². The fraction of sp³-hybridized carbons (Fsp3) is 0.409. The average Bonchev–Trinajstić information content (AvgIpc) is 3.35. The van der Waals surface area contributed by atoms with E-state index in [2.05, 4.69) is 20.6 Å². The average molecular weight is 426 g/mol. The van der Waals surface area contributed by atoms with Crippen molar-refractivity contribution in [3.05, 3.63) is 59.4 Å². The molecule has 1 amide bonds. The van der Waals surface area contributed by atoms with Gasteiger partial charge in [-0.25, -0.2) is 0 Å². The van der Waals surface area contributed by atoms with Crippen molar-refractivity contribution in [1.82, 2.24) is 15.3 Å². The van der Waals surface area contributed by atoms with Crippen LogP contribution in [0.4, 0.5) is 5.82 Å². The van der Waals surface area contributed by atoms with E-state index in [0.717, 1.165) is 0 Å². The van der Waals surface area contributed by atoms with Crippen molar-refractivity contribution in [2.24, 2.45) is 0 Å². The molecule has 0 aliphatic carbocycles. The van der Waals surface area contributed by atoms with E-state index in [-0.39, 0.29) is 17.7 Å². The smallest absolute Gasteiger partial charge is 0.306 e. The second kappa shape index (κ2) is 9.55. The van der Waals surface area contributed by atoms with E-state index in [1.54, 1.807) is 37.3 Å². The van der Waals surface area contributed by atoms with Gasteiger partial charge in [-0.3, -0.25) is 9.59 Å². The first-order valence-corrected chi connectivity index (χ1v) is 10.0. The number of carbonyl (C=O) groups is 2. The van der Waals surface area contributed by atoms with E-state index >= 15 is 0 Å².